The Kier molecular flexibility index (Phi) is 5.18. The summed E-state index contributed by atoms with van der Waals surface area (Å²) < 4.78 is 5.45. The molecule has 3 N–H and O–H groups in total. The Morgan fingerprint density at radius 2 is 2.29 bits per heavy atom. The molecule has 0 bridgehead atoms. The van der Waals surface area contributed by atoms with Gasteiger partial charge in [-0.1, -0.05) is 0 Å². The van der Waals surface area contributed by atoms with Crippen molar-refractivity contribution >= 4 is 5.97 Å². The standard InChI is InChI=1S/C12H20N2O3/c1-9-3-4-11(17-9)5-6-14(2)8-10(13)7-12(15)16/h3-4,10H,5-8,13H2,1-2H3,(H,15,16). The lowest BCUT2D eigenvalue weighted by atomic mass is 10.2. The van der Waals surface area contributed by atoms with E-state index in [9.17, 15) is 4.79 Å². The smallest absolute Gasteiger partial charge is 0.304 e. The molecule has 1 aromatic heterocycles. The average molecular weight is 240 g/mol. The largest absolute Gasteiger partial charge is 0.481 e. The molecule has 1 rings (SSSR count). The van der Waals surface area contributed by atoms with Crippen LogP contribution in [0.25, 0.3) is 0 Å². The van der Waals surface area contributed by atoms with Gasteiger partial charge in [0.05, 0.1) is 6.42 Å². The Hall–Kier alpha value is -1.33. The van der Waals surface area contributed by atoms with E-state index in [2.05, 4.69) is 0 Å². The SMILES string of the molecule is Cc1ccc(CCN(C)CC(N)CC(=O)O)o1. The fourth-order valence-electron chi connectivity index (χ4n) is 1.70. The van der Waals surface area contributed by atoms with Gasteiger partial charge in [-0.05, 0) is 26.1 Å². The van der Waals surface area contributed by atoms with Gasteiger partial charge in [0.15, 0.2) is 0 Å². The molecule has 1 unspecified atom stereocenters. The minimum absolute atomic E-state index is 0.00417. The maximum absolute atomic E-state index is 10.5. The topological polar surface area (TPSA) is 79.7 Å². The highest BCUT2D eigenvalue weighted by Crippen LogP contribution is 2.07. The summed E-state index contributed by atoms with van der Waals surface area (Å²) in [7, 11) is 1.93. The van der Waals surface area contributed by atoms with Gasteiger partial charge in [-0.3, -0.25) is 4.79 Å². The van der Waals surface area contributed by atoms with Gasteiger partial charge >= 0.3 is 5.97 Å². The van der Waals surface area contributed by atoms with Gasteiger partial charge in [0.1, 0.15) is 11.5 Å². The van der Waals surface area contributed by atoms with E-state index in [4.69, 9.17) is 15.3 Å². The Bertz CT molecular complexity index is 362. The zero-order valence-electron chi connectivity index (χ0n) is 10.3. The predicted molar refractivity (Wildman–Crippen MR) is 64.9 cm³/mol. The molecule has 0 amide bonds. The maximum atomic E-state index is 10.5. The molecule has 96 valence electrons. The fourth-order valence-corrected chi connectivity index (χ4v) is 1.70. The van der Waals surface area contributed by atoms with Crippen molar-refractivity contribution in [1.82, 2.24) is 4.90 Å². The third-order valence-electron chi connectivity index (χ3n) is 2.52. The number of carboxylic acid groups (broad SMARTS) is 1. The zero-order chi connectivity index (χ0) is 12.8. The predicted octanol–water partition coefficient (Wildman–Crippen LogP) is 0.864. The van der Waals surface area contributed by atoms with Crippen LogP contribution < -0.4 is 5.73 Å². The Morgan fingerprint density at radius 1 is 1.59 bits per heavy atom. The summed E-state index contributed by atoms with van der Waals surface area (Å²) in [6.45, 7) is 3.29. The maximum Gasteiger partial charge on any atom is 0.304 e. The number of carboxylic acids is 1. The van der Waals surface area contributed by atoms with Crippen LogP contribution >= 0.6 is 0 Å². The monoisotopic (exact) mass is 240 g/mol. The number of aryl methyl sites for hydroxylation is 1. The number of hydrogen-bond donors (Lipinski definition) is 2. The molecule has 0 aliphatic carbocycles. The van der Waals surface area contributed by atoms with Crippen LogP contribution in [-0.4, -0.2) is 42.2 Å². The van der Waals surface area contributed by atoms with Crippen molar-refractivity contribution in [3.05, 3.63) is 23.7 Å². The van der Waals surface area contributed by atoms with Crippen molar-refractivity contribution in [2.75, 3.05) is 20.1 Å². The number of furan rings is 1. The van der Waals surface area contributed by atoms with Gasteiger partial charge in [-0.2, -0.15) is 0 Å². The van der Waals surface area contributed by atoms with Gasteiger partial charge in [0.25, 0.3) is 0 Å². The highest BCUT2D eigenvalue weighted by atomic mass is 16.4. The lowest BCUT2D eigenvalue weighted by molar-refractivity contribution is -0.137. The van der Waals surface area contributed by atoms with Crippen LogP contribution in [0, 0.1) is 6.92 Å². The highest BCUT2D eigenvalue weighted by molar-refractivity contribution is 5.67. The lowest BCUT2D eigenvalue weighted by Crippen LogP contribution is -2.37. The number of carbonyl (C=O) groups is 1. The highest BCUT2D eigenvalue weighted by Gasteiger charge is 2.11. The van der Waals surface area contributed by atoms with Crippen LogP contribution in [0.4, 0.5) is 0 Å². The van der Waals surface area contributed by atoms with E-state index < -0.39 is 5.97 Å². The molecule has 0 radical (unpaired) electrons. The van der Waals surface area contributed by atoms with E-state index in [1.807, 2.05) is 31.0 Å². The van der Waals surface area contributed by atoms with Crippen LogP contribution in [-0.2, 0) is 11.2 Å². The third-order valence-corrected chi connectivity index (χ3v) is 2.52. The molecule has 0 fully saturated rings. The Morgan fingerprint density at radius 3 is 2.82 bits per heavy atom. The Labute approximate surface area is 101 Å². The first kappa shape index (κ1) is 13.7. The molecular weight excluding hydrogens is 220 g/mol. The van der Waals surface area contributed by atoms with Crippen molar-refractivity contribution in [3.8, 4) is 0 Å². The minimum atomic E-state index is -0.854. The fraction of sp³-hybridized carbons (Fsp3) is 0.583. The molecule has 5 heteroatoms. The van der Waals surface area contributed by atoms with E-state index in [1.165, 1.54) is 0 Å². The van der Waals surface area contributed by atoms with Crippen LogP contribution in [0.5, 0.6) is 0 Å². The number of likely N-dealkylation sites (N-methyl/N-ethyl adjacent to an activating group) is 1. The summed E-state index contributed by atoms with van der Waals surface area (Å²) in [6.07, 6.45) is 0.814. The first-order valence-corrected chi connectivity index (χ1v) is 5.68. The number of hydrogen-bond acceptors (Lipinski definition) is 4. The quantitative estimate of drug-likeness (QED) is 0.739. The molecule has 1 heterocycles. The number of nitrogens with zero attached hydrogens (tertiary/aromatic N) is 1. The first-order valence-electron chi connectivity index (χ1n) is 5.68. The number of nitrogens with two attached hydrogens (primary N) is 1. The molecule has 0 saturated carbocycles. The average Bonchev–Trinajstić information content (AvgIpc) is 2.59. The number of aliphatic carboxylic acids is 1. The van der Waals surface area contributed by atoms with E-state index >= 15 is 0 Å². The first-order chi connectivity index (χ1) is 7.97. The second-order valence-electron chi connectivity index (χ2n) is 4.38. The number of rotatable bonds is 7. The normalized spacial score (nSPS) is 12.9. The molecule has 1 aromatic rings. The summed E-state index contributed by atoms with van der Waals surface area (Å²) in [6, 6.07) is 3.57. The van der Waals surface area contributed by atoms with Crippen LogP contribution in [0.2, 0.25) is 0 Å². The van der Waals surface area contributed by atoms with Crippen molar-refractivity contribution in [2.24, 2.45) is 5.73 Å². The van der Waals surface area contributed by atoms with Gasteiger partial charge < -0.3 is 20.2 Å². The summed E-state index contributed by atoms with van der Waals surface area (Å²) in [5.41, 5.74) is 5.70. The summed E-state index contributed by atoms with van der Waals surface area (Å²) in [4.78, 5) is 12.5. The minimum Gasteiger partial charge on any atom is -0.481 e. The van der Waals surface area contributed by atoms with Gasteiger partial charge in [-0.25, -0.2) is 0 Å². The molecular formula is C12H20N2O3. The second-order valence-corrected chi connectivity index (χ2v) is 4.38. The van der Waals surface area contributed by atoms with Crippen molar-refractivity contribution in [1.29, 1.82) is 0 Å². The third kappa shape index (κ3) is 5.51. The van der Waals surface area contributed by atoms with Crippen molar-refractivity contribution in [3.63, 3.8) is 0 Å². The van der Waals surface area contributed by atoms with Gasteiger partial charge in [0, 0.05) is 25.6 Å². The molecule has 0 aromatic carbocycles. The van der Waals surface area contributed by atoms with E-state index in [1.54, 1.807) is 0 Å². The second kappa shape index (κ2) is 6.42. The molecule has 17 heavy (non-hydrogen) atoms. The van der Waals surface area contributed by atoms with Crippen LogP contribution in [0.3, 0.4) is 0 Å². The van der Waals surface area contributed by atoms with E-state index in [0.29, 0.717) is 6.54 Å². The van der Waals surface area contributed by atoms with Crippen LogP contribution in [0.1, 0.15) is 17.9 Å². The van der Waals surface area contributed by atoms with Crippen LogP contribution in [0.15, 0.2) is 16.5 Å². The lowest BCUT2D eigenvalue weighted by Gasteiger charge is -2.19. The molecule has 1 atom stereocenters. The van der Waals surface area contributed by atoms with E-state index in [-0.39, 0.29) is 12.5 Å². The molecule has 5 nitrogen and oxygen atoms in total. The van der Waals surface area contributed by atoms with E-state index in [0.717, 1.165) is 24.5 Å². The van der Waals surface area contributed by atoms with Gasteiger partial charge in [0.2, 0.25) is 0 Å². The summed E-state index contributed by atoms with van der Waals surface area (Å²) in [5, 5.41) is 8.59. The molecule has 0 saturated heterocycles. The zero-order valence-corrected chi connectivity index (χ0v) is 10.3. The summed E-state index contributed by atoms with van der Waals surface area (Å²) in [5.74, 6) is 0.999. The molecule has 0 aliphatic heterocycles. The molecule has 0 spiro atoms. The van der Waals surface area contributed by atoms with Crippen molar-refractivity contribution in [2.45, 2.75) is 25.8 Å². The van der Waals surface area contributed by atoms with Gasteiger partial charge in [-0.15, -0.1) is 0 Å². The summed E-state index contributed by atoms with van der Waals surface area (Å²) >= 11 is 0. The Balaban J connectivity index is 2.25. The molecule has 0 aliphatic rings. The van der Waals surface area contributed by atoms with Crippen molar-refractivity contribution < 1.29 is 14.3 Å².